The van der Waals surface area contributed by atoms with Crippen LogP contribution in [0.15, 0.2) is 65.1 Å². The van der Waals surface area contributed by atoms with Crippen molar-refractivity contribution in [1.29, 1.82) is 0 Å². The lowest BCUT2D eigenvalue weighted by Gasteiger charge is -2.29. The number of ether oxygens (including phenoxy) is 2. The lowest BCUT2D eigenvalue weighted by molar-refractivity contribution is -0.142. The summed E-state index contributed by atoms with van der Waals surface area (Å²) < 4.78 is 11.9. The van der Waals surface area contributed by atoms with Gasteiger partial charge >= 0.3 is 0 Å². The molecule has 2 amide bonds. The molecule has 0 fully saturated rings. The van der Waals surface area contributed by atoms with Crippen LogP contribution in [0.5, 0.6) is 11.5 Å². The third kappa shape index (κ3) is 6.50. The Labute approximate surface area is 209 Å². The maximum absolute atomic E-state index is 13.3. The van der Waals surface area contributed by atoms with Crippen LogP contribution >= 0.6 is 15.9 Å². The molecule has 3 aromatic rings. The van der Waals surface area contributed by atoms with Crippen LogP contribution < -0.4 is 14.8 Å². The number of rotatable bonds is 11. The Morgan fingerprint density at radius 1 is 1.06 bits per heavy atom. The van der Waals surface area contributed by atoms with E-state index >= 15 is 0 Å². The van der Waals surface area contributed by atoms with Crippen LogP contribution in [0.3, 0.4) is 0 Å². The number of unbranched alkanes of at least 4 members (excludes halogenated alkanes) is 1. The van der Waals surface area contributed by atoms with Crippen LogP contribution in [0.1, 0.15) is 32.3 Å². The summed E-state index contributed by atoms with van der Waals surface area (Å²) in [5.41, 5.74) is 0.897. The minimum atomic E-state index is -0.643. The fourth-order valence-corrected chi connectivity index (χ4v) is 4.20. The van der Waals surface area contributed by atoms with Crippen LogP contribution in [0.2, 0.25) is 0 Å². The summed E-state index contributed by atoms with van der Waals surface area (Å²) in [6.45, 7) is 4.50. The predicted octanol–water partition coefficient (Wildman–Crippen LogP) is 5.32. The quantitative estimate of drug-likeness (QED) is 0.343. The third-order valence-corrected chi connectivity index (χ3v) is 6.51. The van der Waals surface area contributed by atoms with Crippen LogP contribution in [0.4, 0.5) is 0 Å². The fraction of sp³-hybridized carbons (Fsp3) is 0.333. The predicted molar refractivity (Wildman–Crippen MR) is 138 cm³/mol. The Morgan fingerprint density at radius 3 is 2.50 bits per heavy atom. The van der Waals surface area contributed by atoms with Crippen molar-refractivity contribution in [2.75, 3.05) is 20.3 Å². The van der Waals surface area contributed by atoms with Crippen molar-refractivity contribution < 1.29 is 19.1 Å². The van der Waals surface area contributed by atoms with Gasteiger partial charge in [0.15, 0.2) is 6.61 Å². The Kier molecular flexibility index (Phi) is 9.33. The molecule has 7 heteroatoms. The first-order chi connectivity index (χ1) is 16.4. The number of benzene rings is 3. The number of methoxy groups -OCH3 is 1. The molecule has 34 heavy (non-hydrogen) atoms. The average molecular weight is 527 g/mol. The lowest BCUT2D eigenvalue weighted by Crippen LogP contribution is -2.49. The second-order valence-corrected chi connectivity index (χ2v) is 8.87. The Morgan fingerprint density at radius 2 is 1.79 bits per heavy atom. The number of nitrogens with one attached hydrogen (secondary N) is 1. The molecule has 0 aliphatic rings. The highest BCUT2D eigenvalue weighted by Crippen LogP contribution is 2.33. The van der Waals surface area contributed by atoms with Crippen molar-refractivity contribution in [2.45, 2.75) is 39.3 Å². The molecule has 6 nitrogen and oxygen atoms in total. The van der Waals surface area contributed by atoms with E-state index in [4.69, 9.17) is 9.47 Å². The van der Waals surface area contributed by atoms with E-state index in [-0.39, 0.29) is 25.0 Å². The molecule has 0 aromatic heterocycles. The molecule has 0 radical (unpaired) electrons. The minimum absolute atomic E-state index is 0.179. The third-order valence-electron chi connectivity index (χ3n) is 5.69. The topological polar surface area (TPSA) is 67.9 Å². The van der Waals surface area contributed by atoms with E-state index in [2.05, 4.69) is 28.2 Å². The standard InChI is InChI=1S/C27H31BrN2O4/c1-4-5-16-29-27(32)19(2)30(17-20-10-13-22(33-3)14-11-20)25(31)18-34-24-15-12-21-8-6-7-9-23(21)26(24)28/h6-15,19H,4-5,16-18H2,1-3H3,(H,29,32)/t19-/m0/s1. The Hall–Kier alpha value is -3.06. The van der Waals surface area contributed by atoms with E-state index in [1.54, 1.807) is 18.9 Å². The molecule has 0 aliphatic heterocycles. The number of carbonyl (C=O) groups is 2. The summed E-state index contributed by atoms with van der Waals surface area (Å²) >= 11 is 3.60. The molecule has 0 unspecified atom stereocenters. The largest absolute Gasteiger partial charge is 0.497 e. The maximum atomic E-state index is 13.3. The summed E-state index contributed by atoms with van der Waals surface area (Å²) in [5, 5.41) is 5.01. The first-order valence-electron chi connectivity index (χ1n) is 11.4. The molecule has 0 aliphatic carbocycles. The summed E-state index contributed by atoms with van der Waals surface area (Å²) in [7, 11) is 1.61. The first-order valence-corrected chi connectivity index (χ1v) is 12.2. The maximum Gasteiger partial charge on any atom is 0.261 e. The highest BCUT2D eigenvalue weighted by Gasteiger charge is 2.26. The number of halogens is 1. The monoisotopic (exact) mass is 526 g/mol. The van der Waals surface area contributed by atoms with E-state index in [1.807, 2.05) is 60.7 Å². The molecule has 180 valence electrons. The fourth-order valence-electron chi connectivity index (χ4n) is 3.59. The van der Waals surface area contributed by atoms with Gasteiger partial charge in [-0.05, 0) is 63.8 Å². The van der Waals surface area contributed by atoms with E-state index in [0.29, 0.717) is 12.3 Å². The van der Waals surface area contributed by atoms with Crippen molar-refractivity contribution >= 4 is 38.5 Å². The average Bonchev–Trinajstić information content (AvgIpc) is 2.87. The SMILES string of the molecule is CCCCNC(=O)[C@H](C)N(Cc1ccc(OC)cc1)C(=O)COc1ccc2ccccc2c1Br. The molecule has 0 saturated carbocycles. The van der Waals surface area contributed by atoms with E-state index in [1.165, 1.54) is 0 Å². The van der Waals surface area contributed by atoms with Crippen molar-refractivity contribution in [3.63, 3.8) is 0 Å². The summed E-state index contributed by atoms with van der Waals surface area (Å²) in [6.07, 6.45) is 1.88. The highest BCUT2D eigenvalue weighted by atomic mass is 79.9. The van der Waals surface area contributed by atoms with Gasteiger partial charge in [-0.3, -0.25) is 9.59 Å². The number of hydrogen-bond acceptors (Lipinski definition) is 4. The zero-order valence-corrected chi connectivity index (χ0v) is 21.4. The number of hydrogen-bond donors (Lipinski definition) is 1. The second kappa shape index (κ2) is 12.4. The van der Waals surface area contributed by atoms with Crippen LogP contribution in [0, 0.1) is 0 Å². The zero-order chi connectivity index (χ0) is 24.5. The molecule has 0 spiro atoms. The summed E-state index contributed by atoms with van der Waals surface area (Å²) in [4.78, 5) is 27.6. The molecular formula is C27H31BrN2O4. The molecule has 3 rings (SSSR count). The lowest BCUT2D eigenvalue weighted by atomic mass is 10.1. The first kappa shape index (κ1) is 25.6. The van der Waals surface area contributed by atoms with E-state index < -0.39 is 6.04 Å². The molecular weight excluding hydrogens is 496 g/mol. The second-order valence-electron chi connectivity index (χ2n) is 8.08. The molecule has 0 heterocycles. The summed E-state index contributed by atoms with van der Waals surface area (Å²) in [6, 6.07) is 18.6. The number of nitrogens with zero attached hydrogens (tertiary/aromatic N) is 1. The smallest absolute Gasteiger partial charge is 0.261 e. The summed E-state index contributed by atoms with van der Waals surface area (Å²) in [5.74, 6) is 0.865. The van der Waals surface area contributed by atoms with Gasteiger partial charge in [-0.2, -0.15) is 0 Å². The van der Waals surface area contributed by atoms with E-state index in [0.717, 1.165) is 39.4 Å². The normalized spacial score (nSPS) is 11.6. The van der Waals surface area contributed by atoms with Crippen LogP contribution in [-0.4, -0.2) is 43.0 Å². The van der Waals surface area contributed by atoms with Gasteiger partial charge in [-0.1, -0.05) is 55.8 Å². The van der Waals surface area contributed by atoms with Gasteiger partial charge in [0, 0.05) is 13.1 Å². The van der Waals surface area contributed by atoms with Gasteiger partial charge < -0.3 is 19.7 Å². The molecule has 1 N–H and O–H groups in total. The van der Waals surface area contributed by atoms with Gasteiger partial charge in [-0.15, -0.1) is 0 Å². The van der Waals surface area contributed by atoms with Crippen molar-refractivity contribution in [3.8, 4) is 11.5 Å². The van der Waals surface area contributed by atoms with Crippen LogP contribution in [0.25, 0.3) is 10.8 Å². The van der Waals surface area contributed by atoms with Crippen molar-refractivity contribution in [1.82, 2.24) is 10.2 Å². The Bertz CT molecular complexity index is 1120. The molecule has 0 bridgehead atoms. The Balaban J connectivity index is 1.76. The number of fused-ring (bicyclic) bond motifs is 1. The highest BCUT2D eigenvalue weighted by molar-refractivity contribution is 9.10. The minimum Gasteiger partial charge on any atom is -0.497 e. The molecule has 0 saturated heterocycles. The molecule has 3 aromatic carbocycles. The van der Waals surface area contributed by atoms with Gasteiger partial charge in [-0.25, -0.2) is 0 Å². The van der Waals surface area contributed by atoms with Gasteiger partial charge in [0.25, 0.3) is 5.91 Å². The van der Waals surface area contributed by atoms with Crippen LogP contribution in [-0.2, 0) is 16.1 Å². The molecule has 1 atom stereocenters. The number of amides is 2. The zero-order valence-electron chi connectivity index (χ0n) is 19.8. The van der Waals surface area contributed by atoms with Gasteiger partial charge in [0.2, 0.25) is 5.91 Å². The van der Waals surface area contributed by atoms with Gasteiger partial charge in [0.05, 0.1) is 11.6 Å². The van der Waals surface area contributed by atoms with Crippen molar-refractivity contribution in [2.24, 2.45) is 0 Å². The number of carbonyl (C=O) groups excluding carboxylic acids is 2. The van der Waals surface area contributed by atoms with Gasteiger partial charge in [0.1, 0.15) is 17.5 Å². The van der Waals surface area contributed by atoms with E-state index in [9.17, 15) is 9.59 Å². The van der Waals surface area contributed by atoms with Crippen molar-refractivity contribution in [3.05, 3.63) is 70.7 Å².